The summed E-state index contributed by atoms with van der Waals surface area (Å²) in [6, 6.07) is 15.3. The van der Waals surface area contributed by atoms with E-state index >= 15 is 0 Å². The van der Waals surface area contributed by atoms with Crippen molar-refractivity contribution in [2.75, 3.05) is 5.32 Å². The van der Waals surface area contributed by atoms with Gasteiger partial charge in [-0.2, -0.15) is 5.10 Å². The van der Waals surface area contributed by atoms with Crippen LogP contribution >= 0.6 is 11.3 Å². The molecule has 0 aliphatic carbocycles. The van der Waals surface area contributed by atoms with E-state index < -0.39 is 23.6 Å². The predicted molar refractivity (Wildman–Crippen MR) is 106 cm³/mol. The average molecular weight is 411 g/mol. The number of halogens is 1. The molecule has 1 heterocycles. The molecule has 0 aliphatic heterocycles. The second-order valence-electron chi connectivity index (χ2n) is 5.57. The van der Waals surface area contributed by atoms with Gasteiger partial charge in [0, 0.05) is 0 Å². The lowest BCUT2D eigenvalue weighted by atomic mass is 10.2. The molecule has 2 amide bonds. The summed E-state index contributed by atoms with van der Waals surface area (Å²) in [5.74, 6) is -2.85. The fourth-order valence-corrected chi connectivity index (χ4v) is 2.73. The van der Waals surface area contributed by atoms with Crippen LogP contribution in [0.2, 0.25) is 0 Å². The first kappa shape index (κ1) is 19.9. The second kappa shape index (κ2) is 9.38. The molecule has 0 bridgehead atoms. The molecule has 3 rings (SSSR count). The Bertz CT molecular complexity index is 1050. The Labute approximate surface area is 168 Å². The number of para-hydroxylation sites is 1. The fourth-order valence-electron chi connectivity index (χ4n) is 2.13. The maximum absolute atomic E-state index is 13.5. The molecule has 146 valence electrons. The Balaban J connectivity index is 1.50. The highest BCUT2D eigenvalue weighted by Crippen LogP contribution is 2.16. The third-order valence-corrected chi connectivity index (χ3v) is 4.37. The molecule has 0 atom stereocenters. The van der Waals surface area contributed by atoms with Crippen molar-refractivity contribution in [3.63, 3.8) is 0 Å². The second-order valence-corrected chi connectivity index (χ2v) is 6.52. The van der Waals surface area contributed by atoms with Crippen LogP contribution in [0.5, 0.6) is 5.75 Å². The first-order valence-corrected chi connectivity index (χ1v) is 9.15. The fraction of sp³-hybridized carbons (Fsp3) is 0. The molecule has 0 radical (unpaired) electrons. The van der Waals surface area contributed by atoms with Gasteiger partial charge in [0.15, 0.2) is 0 Å². The summed E-state index contributed by atoms with van der Waals surface area (Å²) in [7, 11) is 0. The topological polar surface area (TPSA) is 96.9 Å². The van der Waals surface area contributed by atoms with E-state index in [2.05, 4.69) is 10.4 Å². The summed E-state index contributed by atoms with van der Waals surface area (Å²) in [6.07, 6.45) is 1.30. The van der Waals surface area contributed by atoms with E-state index in [9.17, 15) is 18.8 Å². The highest BCUT2D eigenvalue weighted by Gasteiger charge is 2.14. The van der Waals surface area contributed by atoms with E-state index in [0.717, 1.165) is 6.07 Å². The van der Waals surface area contributed by atoms with Crippen molar-refractivity contribution in [3.8, 4) is 5.75 Å². The third kappa shape index (κ3) is 5.56. The Morgan fingerprint density at radius 2 is 1.72 bits per heavy atom. The zero-order valence-corrected chi connectivity index (χ0v) is 15.6. The lowest BCUT2D eigenvalue weighted by Gasteiger charge is -2.04. The quantitative estimate of drug-likeness (QED) is 0.222. The number of nitrogens with zero attached hydrogens (tertiary/aromatic N) is 1. The predicted octanol–water partition coefficient (Wildman–Crippen LogP) is 3.20. The van der Waals surface area contributed by atoms with Crippen molar-refractivity contribution in [2.24, 2.45) is 5.10 Å². The number of thiophene rings is 1. The van der Waals surface area contributed by atoms with Crippen LogP contribution in [0, 0.1) is 5.82 Å². The number of esters is 1. The van der Waals surface area contributed by atoms with Gasteiger partial charge in [0.2, 0.25) is 0 Å². The first-order valence-electron chi connectivity index (χ1n) is 8.27. The van der Waals surface area contributed by atoms with Crippen LogP contribution in [0.15, 0.2) is 71.1 Å². The molecule has 0 aliphatic rings. The molecule has 9 heteroatoms. The number of anilines is 1. The first-order chi connectivity index (χ1) is 14.0. The molecule has 0 saturated heterocycles. The highest BCUT2D eigenvalue weighted by molar-refractivity contribution is 7.12. The van der Waals surface area contributed by atoms with Gasteiger partial charge < -0.3 is 10.1 Å². The van der Waals surface area contributed by atoms with Gasteiger partial charge in [0.05, 0.1) is 11.9 Å². The number of hydrogen-bond donors (Lipinski definition) is 2. The Hall–Kier alpha value is -3.85. The molecule has 2 N–H and O–H groups in total. The number of benzene rings is 2. The SMILES string of the molecule is O=C(N/N=C/c1ccc(OC(=O)c2cccs2)cc1)C(=O)Nc1ccccc1F. The summed E-state index contributed by atoms with van der Waals surface area (Å²) in [5, 5.41) is 7.60. The van der Waals surface area contributed by atoms with Crippen LogP contribution in [0.4, 0.5) is 10.1 Å². The van der Waals surface area contributed by atoms with Crippen molar-refractivity contribution in [2.45, 2.75) is 0 Å². The third-order valence-electron chi connectivity index (χ3n) is 3.52. The minimum atomic E-state index is -1.05. The smallest absolute Gasteiger partial charge is 0.353 e. The maximum Gasteiger partial charge on any atom is 0.353 e. The van der Waals surface area contributed by atoms with Crippen LogP contribution in [-0.2, 0) is 9.59 Å². The van der Waals surface area contributed by atoms with Crippen LogP contribution < -0.4 is 15.5 Å². The molecule has 0 fully saturated rings. The van der Waals surface area contributed by atoms with Gasteiger partial charge in [0.1, 0.15) is 16.4 Å². The Morgan fingerprint density at radius 3 is 2.41 bits per heavy atom. The number of carbonyl (C=O) groups is 3. The van der Waals surface area contributed by atoms with Gasteiger partial charge in [0.25, 0.3) is 0 Å². The van der Waals surface area contributed by atoms with Gasteiger partial charge in [-0.1, -0.05) is 18.2 Å². The Morgan fingerprint density at radius 1 is 0.966 bits per heavy atom. The van der Waals surface area contributed by atoms with Crippen molar-refractivity contribution in [1.82, 2.24) is 5.43 Å². The van der Waals surface area contributed by atoms with Gasteiger partial charge in [-0.15, -0.1) is 11.3 Å². The van der Waals surface area contributed by atoms with Crippen LogP contribution in [0.25, 0.3) is 0 Å². The van der Waals surface area contributed by atoms with E-state index in [-0.39, 0.29) is 5.69 Å². The van der Waals surface area contributed by atoms with Gasteiger partial charge in [-0.05, 0) is 53.4 Å². The summed E-state index contributed by atoms with van der Waals surface area (Å²) in [6.45, 7) is 0. The molecule has 29 heavy (non-hydrogen) atoms. The van der Waals surface area contributed by atoms with Crippen LogP contribution in [-0.4, -0.2) is 24.0 Å². The van der Waals surface area contributed by atoms with Gasteiger partial charge in [-0.3, -0.25) is 9.59 Å². The van der Waals surface area contributed by atoms with Crippen LogP contribution in [0.3, 0.4) is 0 Å². The molecule has 7 nitrogen and oxygen atoms in total. The van der Waals surface area contributed by atoms with Crippen molar-refractivity contribution in [3.05, 3.63) is 82.3 Å². The van der Waals surface area contributed by atoms with E-state index in [1.807, 2.05) is 5.43 Å². The van der Waals surface area contributed by atoms with Crippen LogP contribution in [0.1, 0.15) is 15.2 Å². The molecule has 0 unspecified atom stereocenters. The van der Waals surface area contributed by atoms with E-state index in [1.54, 1.807) is 41.8 Å². The van der Waals surface area contributed by atoms with E-state index in [0.29, 0.717) is 16.2 Å². The summed E-state index contributed by atoms with van der Waals surface area (Å²) in [4.78, 5) is 35.8. The lowest BCUT2D eigenvalue weighted by Crippen LogP contribution is -2.32. The zero-order valence-electron chi connectivity index (χ0n) is 14.8. The number of ether oxygens (including phenoxy) is 1. The van der Waals surface area contributed by atoms with Gasteiger partial charge in [-0.25, -0.2) is 14.6 Å². The molecular formula is C20H14FN3O4S. The molecule has 3 aromatic rings. The summed E-state index contributed by atoms with van der Waals surface area (Å²) < 4.78 is 18.7. The summed E-state index contributed by atoms with van der Waals surface area (Å²) in [5.41, 5.74) is 2.53. The number of hydrogen-bond acceptors (Lipinski definition) is 6. The molecule has 0 saturated carbocycles. The molecule has 2 aromatic carbocycles. The number of hydrazone groups is 1. The minimum Gasteiger partial charge on any atom is -0.422 e. The van der Waals surface area contributed by atoms with Crippen molar-refractivity contribution in [1.29, 1.82) is 0 Å². The maximum atomic E-state index is 13.5. The highest BCUT2D eigenvalue weighted by atomic mass is 32.1. The monoisotopic (exact) mass is 411 g/mol. The Kier molecular flexibility index (Phi) is 6.43. The lowest BCUT2D eigenvalue weighted by molar-refractivity contribution is -0.136. The number of carbonyl (C=O) groups excluding carboxylic acids is 3. The average Bonchev–Trinajstić information content (AvgIpc) is 3.26. The van der Waals surface area contributed by atoms with Crippen molar-refractivity contribution < 1.29 is 23.5 Å². The normalized spacial score (nSPS) is 10.5. The zero-order chi connectivity index (χ0) is 20.6. The minimum absolute atomic E-state index is 0.107. The van der Waals surface area contributed by atoms with Crippen molar-refractivity contribution >= 4 is 41.0 Å². The molecule has 1 aromatic heterocycles. The largest absolute Gasteiger partial charge is 0.422 e. The standard InChI is InChI=1S/C20H14FN3O4S/c21-15-4-1-2-5-16(15)23-18(25)19(26)24-22-12-13-7-9-14(10-8-13)28-20(27)17-6-3-11-29-17/h1-12H,(H,23,25)(H,24,26)/b22-12+. The molecule has 0 spiro atoms. The number of amides is 2. The molecular weight excluding hydrogens is 397 g/mol. The number of rotatable bonds is 5. The number of nitrogens with one attached hydrogen (secondary N) is 2. The van der Waals surface area contributed by atoms with E-state index in [4.69, 9.17) is 4.74 Å². The summed E-state index contributed by atoms with van der Waals surface area (Å²) >= 11 is 1.28. The van der Waals surface area contributed by atoms with Gasteiger partial charge >= 0.3 is 17.8 Å². The van der Waals surface area contributed by atoms with E-state index in [1.165, 1.54) is 35.8 Å².